The molecule has 1 heterocycles. The Balaban J connectivity index is 2.17. The van der Waals surface area contributed by atoms with Gasteiger partial charge in [-0.1, -0.05) is 24.6 Å². The van der Waals surface area contributed by atoms with Crippen LogP contribution in [0.2, 0.25) is 5.15 Å². The SMILES string of the molecule is CCOc1cccc(NC(=O)c2cc(Cl)nc(CC)c2)c1. The Morgan fingerprint density at radius 3 is 2.81 bits per heavy atom. The van der Waals surface area contributed by atoms with Crippen molar-refractivity contribution < 1.29 is 9.53 Å². The molecule has 2 aromatic rings. The van der Waals surface area contributed by atoms with Crippen molar-refractivity contribution in [3.63, 3.8) is 0 Å². The van der Waals surface area contributed by atoms with Gasteiger partial charge in [-0.15, -0.1) is 0 Å². The first-order valence-electron chi connectivity index (χ1n) is 6.83. The number of aromatic nitrogens is 1. The Hall–Kier alpha value is -2.07. The van der Waals surface area contributed by atoms with Gasteiger partial charge in [-0.25, -0.2) is 4.98 Å². The van der Waals surface area contributed by atoms with Crippen LogP contribution >= 0.6 is 11.6 Å². The van der Waals surface area contributed by atoms with E-state index >= 15 is 0 Å². The van der Waals surface area contributed by atoms with Gasteiger partial charge in [-0.2, -0.15) is 0 Å². The Morgan fingerprint density at radius 2 is 2.10 bits per heavy atom. The molecule has 0 aliphatic heterocycles. The minimum absolute atomic E-state index is 0.220. The highest BCUT2D eigenvalue weighted by atomic mass is 35.5. The molecule has 0 radical (unpaired) electrons. The number of aryl methyl sites for hydroxylation is 1. The number of carbonyl (C=O) groups is 1. The summed E-state index contributed by atoms with van der Waals surface area (Å²) in [6.07, 6.45) is 0.723. The van der Waals surface area contributed by atoms with E-state index in [4.69, 9.17) is 16.3 Å². The number of carbonyl (C=O) groups excluding carboxylic acids is 1. The molecule has 1 aromatic carbocycles. The molecular weight excluding hydrogens is 288 g/mol. The van der Waals surface area contributed by atoms with Gasteiger partial charge in [0.2, 0.25) is 0 Å². The van der Waals surface area contributed by atoms with E-state index in [2.05, 4.69) is 10.3 Å². The molecule has 1 aromatic heterocycles. The smallest absolute Gasteiger partial charge is 0.255 e. The molecule has 0 bridgehead atoms. The summed E-state index contributed by atoms with van der Waals surface area (Å²) in [4.78, 5) is 16.4. The van der Waals surface area contributed by atoms with Crippen molar-refractivity contribution in [2.24, 2.45) is 0 Å². The first-order chi connectivity index (χ1) is 10.1. The van der Waals surface area contributed by atoms with E-state index in [1.54, 1.807) is 18.2 Å². The van der Waals surface area contributed by atoms with Gasteiger partial charge in [0.25, 0.3) is 5.91 Å². The molecule has 1 amide bonds. The van der Waals surface area contributed by atoms with Gasteiger partial charge in [0.15, 0.2) is 0 Å². The molecule has 2 rings (SSSR count). The van der Waals surface area contributed by atoms with E-state index < -0.39 is 0 Å². The number of hydrogen-bond donors (Lipinski definition) is 1. The molecule has 0 fully saturated rings. The van der Waals surface area contributed by atoms with Gasteiger partial charge < -0.3 is 10.1 Å². The lowest BCUT2D eigenvalue weighted by molar-refractivity contribution is 0.102. The normalized spacial score (nSPS) is 10.2. The van der Waals surface area contributed by atoms with Crippen molar-refractivity contribution in [3.05, 3.63) is 52.8 Å². The third-order valence-electron chi connectivity index (χ3n) is 2.87. The Kier molecular flexibility index (Phi) is 5.17. The fourth-order valence-electron chi connectivity index (χ4n) is 1.90. The number of hydrogen-bond acceptors (Lipinski definition) is 3. The van der Waals surface area contributed by atoms with Gasteiger partial charge in [-0.05, 0) is 37.6 Å². The van der Waals surface area contributed by atoms with Crippen LogP contribution in [-0.2, 0) is 6.42 Å². The summed E-state index contributed by atoms with van der Waals surface area (Å²) in [6, 6.07) is 10.6. The number of amides is 1. The number of pyridine rings is 1. The molecule has 0 saturated carbocycles. The second kappa shape index (κ2) is 7.09. The van der Waals surface area contributed by atoms with Crippen molar-refractivity contribution >= 4 is 23.2 Å². The van der Waals surface area contributed by atoms with Crippen LogP contribution in [0.3, 0.4) is 0 Å². The highest BCUT2D eigenvalue weighted by Gasteiger charge is 2.09. The molecule has 0 aliphatic rings. The van der Waals surface area contributed by atoms with E-state index in [-0.39, 0.29) is 5.91 Å². The molecule has 0 saturated heterocycles. The maximum Gasteiger partial charge on any atom is 0.255 e. The Labute approximate surface area is 129 Å². The summed E-state index contributed by atoms with van der Waals surface area (Å²) in [5, 5.41) is 3.15. The standard InChI is InChI=1S/C16H17ClN2O2/c1-3-12-8-11(9-15(17)18-12)16(20)19-13-6-5-7-14(10-13)21-4-2/h5-10H,3-4H2,1-2H3,(H,19,20). The summed E-state index contributed by atoms with van der Waals surface area (Å²) < 4.78 is 5.41. The predicted octanol–water partition coefficient (Wildman–Crippen LogP) is 3.95. The van der Waals surface area contributed by atoms with Gasteiger partial charge >= 0.3 is 0 Å². The number of anilines is 1. The lowest BCUT2D eigenvalue weighted by Crippen LogP contribution is -2.12. The molecule has 1 N–H and O–H groups in total. The first kappa shape index (κ1) is 15.3. The van der Waals surface area contributed by atoms with Crippen LogP contribution < -0.4 is 10.1 Å². The average Bonchev–Trinajstić information content (AvgIpc) is 2.47. The van der Waals surface area contributed by atoms with E-state index in [1.807, 2.05) is 32.0 Å². The van der Waals surface area contributed by atoms with Crippen LogP contribution in [0.5, 0.6) is 5.75 Å². The Bertz CT molecular complexity index is 644. The summed E-state index contributed by atoms with van der Waals surface area (Å²) in [5.41, 5.74) is 1.96. The number of nitrogens with zero attached hydrogens (tertiary/aromatic N) is 1. The molecule has 4 nitrogen and oxygen atoms in total. The maximum absolute atomic E-state index is 12.3. The largest absolute Gasteiger partial charge is 0.494 e. The van der Waals surface area contributed by atoms with Crippen LogP contribution in [0.4, 0.5) is 5.69 Å². The third kappa shape index (κ3) is 4.20. The minimum atomic E-state index is -0.220. The number of ether oxygens (including phenoxy) is 1. The third-order valence-corrected chi connectivity index (χ3v) is 3.07. The van der Waals surface area contributed by atoms with Crippen molar-refractivity contribution in [3.8, 4) is 5.75 Å². The second-order valence-corrected chi connectivity index (χ2v) is 4.83. The van der Waals surface area contributed by atoms with Crippen LogP contribution in [0.25, 0.3) is 0 Å². The van der Waals surface area contributed by atoms with Crippen LogP contribution in [0.15, 0.2) is 36.4 Å². The number of benzene rings is 1. The number of nitrogens with one attached hydrogen (secondary N) is 1. The van der Waals surface area contributed by atoms with E-state index in [0.717, 1.165) is 17.9 Å². The number of halogens is 1. The summed E-state index contributed by atoms with van der Waals surface area (Å²) in [6.45, 7) is 4.46. The molecule has 5 heteroatoms. The summed E-state index contributed by atoms with van der Waals surface area (Å²) in [5.74, 6) is 0.500. The molecule has 21 heavy (non-hydrogen) atoms. The highest BCUT2D eigenvalue weighted by Crippen LogP contribution is 2.19. The quantitative estimate of drug-likeness (QED) is 0.851. The molecular formula is C16H17ClN2O2. The van der Waals surface area contributed by atoms with Gasteiger partial charge in [0.1, 0.15) is 10.9 Å². The molecule has 0 aliphatic carbocycles. The fourth-order valence-corrected chi connectivity index (χ4v) is 2.12. The van der Waals surface area contributed by atoms with Crippen molar-refractivity contribution in [2.75, 3.05) is 11.9 Å². The molecule has 0 spiro atoms. The van der Waals surface area contributed by atoms with Gasteiger partial charge in [0, 0.05) is 23.0 Å². The van der Waals surface area contributed by atoms with E-state index in [0.29, 0.717) is 23.0 Å². The second-order valence-electron chi connectivity index (χ2n) is 4.44. The summed E-state index contributed by atoms with van der Waals surface area (Å²) in [7, 11) is 0. The monoisotopic (exact) mass is 304 g/mol. The van der Waals surface area contributed by atoms with Gasteiger partial charge in [0.05, 0.1) is 6.61 Å². The van der Waals surface area contributed by atoms with Crippen LogP contribution in [0, 0.1) is 0 Å². The highest BCUT2D eigenvalue weighted by molar-refractivity contribution is 6.29. The van der Waals surface area contributed by atoms with E-state index in [1.165, 1.54) is 0 Å². The maximum atomic E-state index is 12.3. The van der Waals surface area contributed by atoms with E-state index in [9.17, 15) is 4.79 Å². The molecule has 110 valence electrons. The lowest BCUT2D eigenvalue weighted by Gasteiger charge is -2.09. The van der Waals surface area contributed by atoms with Crippen molar-refractivity contribution in [1.29, 1.82) is 0 Å². The fraction of sp³-hybridized carbons (Fsp3) is 0.250. The zero-order valence-corrected chi connectivity index (χ0v) is 12.8. The van der Waals surface area contributed by atoms with Gasteiger partial charge in [-0.3, -0.25) is 4.79 Å². The molecule has 0 unspecified atom stereocenters. The zero-order chi connectivity index (χ0) is 15.2. The summed E-state index contributed by atoms with van der Waals surface area (Å²) >= 11 is 5.93. The minimum Gasteiger partial charge on any atom is -0.494 e. The predicted molar refractivity (Wildman–Crippen MR) is 84.2 cm³/mol. The zero-order valence-electron chi connectivity index (χ0n) is 12.0. The van der Waals surface area contributed by atoms with Crippen molar-refractivity contribution in [1.82, 2.24) is 4.98 Å². The van der Waals surface area contributed by atoms with Crippen LogP contribution in [-0.4, -0.2) is 17.5 Å². The first-order valence-corrected chi connectivity index (χ1v) is 7.20. The topological polar surface area (TPSA) is 51.2 Å². The average molecular weight is 305 g/mol. The lowest BCUT2D eigenvalue weighted by atomic mass is 10.2. The number of rotatable bonds is 5. The Morgan fingerprint density at radius 1 is 1.29 bits per heavy atom. The van der Waals surface area contributed by atoms with Crippen molar-refractivity contribution in [2.45, 2.75) is 20.3 Å². The van der Waals surface area contributed by atoms with Crippen LogP contribution in [0.1, 0.15) is 29.9 Å². The molecule has 0 atom stereocenters.